The summed E-state index contributed by atoms with van der Waals surface area (Å²) in [4.78, 5) is 25.2. The summed E-state index contributed by atoms with van der Waals surface area (Å²) in [5.74, 6) is -0.733. The van der Waals surface area contributed by atoms with Crippen molar-refractivity contribution in [3.8, 4) is 0 Å². The Bertz CT molecular complexity index is 432. The van der Waals surface area contributed by atoms with Crippen LogP contribution in [0.25, 0.3) is 0 Å². The Morgan fingerprint density at radius 1 is 1.41 bits per heavy atom. The van der Waals surface area contributed by atoms with Gasteiger partial charge in [0.2, 0.25) is 5.91 Å². The molecule has 1 rings (SSSR count). The van der Waals surface area contributed by atoms with E-state index in [0.717, 1.165) is 0 Å². The van der Waals surface area contributed by atoms with Gasteiger partial charge in [-0.15, -0.1) is 12.6 Å². The van der Waals surface area contributed by atoms with Gasteiger partial charge in [0.05, 0.1) is 6.54 Å². The van der Waals surface area contributed by atoms with Gasteiger partial charge in [0.15, 0.2) is 0 Å². The molecule has 1 aromatic carbocycles. The minimum Gasteiger partial charge on any atom is -0.368 e. The predicted octanol–water partition coefficient (Wildman–Crippen LogP) is 1.31. The molecule has 0 aliphatic carbocycles. The number of nitrogens with zero attached hydrogens (tertiary/aromatic N) is 1. The van der Waals surface area contributed by atoms with Crippen LogP contribution in [0.5, 0.6) is 0 Å². The van der Waals surface area contributed by atoms with E-state index in [1.54, 1.807) is 24.3 Å². The lowest BCUT2D eigenvalue weighted by atomic mass is 10.1. The molecule has 0 atom stereocenters. The molecule has 0 aromatic heterocycles. The van der Waals surface area contributed by atoms with Gasteiger partial charge in [0, 0.05) is 16.5 Å². The predicted molar refractivity (Wildman–Crippen MR) is 69.1 cm³/mol. The summed E-state index contributed by atoms with van der Waals surface area (Å²) < 4.78 is 0. The molecule has 1 aromatic rings. The molecule has 2 amide bonds. The summed E-state index contributed by atoms with van der Waals surface area (Å²) in [5, 5.41) is 0. The Morgan fingerprint density at radius 2 is 2.06 bits per heavy atom. The molecule has 17 heavy (non-hydrogen) atoms. The van der Waals surface area contributed by atoms with E-state index in [4.69, 9.17) is 5.73 Å². The highest BCUT2D eigenvalue weighted by atomic mass is 32.1. The molecule has 0 saturated carbocycles. The standard InChI is InChI=1S/C12H16N2O2S/c1-8(2)14(7-11(13)15)12(16)9-4-3-5-10(17)6-9/h3-6,8,17H,7H2,1-2H3,(H2,13,15). The summed E-state index contributed by atoms with van der Waals surface area (Å²) in [5.41, 5.74) is 5.64. The molecule has 2 N–H and O–H groups in total. The van der Waals surface area contributed by atoms with Gasteiger partial charge in [-0.25, -0.2) is 0 Å². The minimum atomic E-state index is -0.519. The Hall–Kier alpha value is -1.49. The topological polar surface area (TPSA) is 63.4 Å². The lowest BCUT2D eigenvalue weighted by molar-refractivity contribution is -0.119. The second kappa shape index (κ2) is 5.72. The highest BCUT2D eigenvalue weighted by Gasteiger charge is 2.20. The van der Waals surface area contributed by atoms with Crippen molar-refractivity contribution >= 4 is 24.4 Å². The van der Waals surface area contributed by atoms with Gasteiger partial charge in [-0.1, -0.05) is 6.07 Å². The minimum absolute atomic E-state index is 0.0761. The van der Waals surface area contributed by atoms with E-state index in [-0.39, 0.29) is 18.5 Å². The zero-order chi connectivity index (χ0) is 13.0. The fraction of sp³-hybridized carbons (Fsp3) is 0.333. The van der Waals surface area contributed by atoms with Gasteiger partial charge in [-0.2, -0.15) is 0 Å². The first kappa shape index (κ1) is 13.6. The van der Waals surface area contributed by atoms with Crippen molar-refractivity contribution in [2.24, 2.45) is 5.73 Å². The monoisotopic (exact) mass is 252 g/mol. The maximum atomic E-state index is 12.2. The SMILES string of the molecule is CC(C)N(CC(N)=O)C(=O)c1cccc(S)c1. The molecule has 0 aliphatic rings. The van der Waals surface area contributed by atoms with E-state index in [1.807, 2.05) is 13.8 Å². The van der Waals surface area contributed by atoms with E-state index in [0.29, 0.717) is 10.5 Å². The molecule has 92 valence electrons. The summed E-state index contributed by atoms with van der Waals surface area (Å²) in [6.07, 6.45) is 0. The van der Waals surface area contributed by atoms with Crippen molar-refractivity contribution in [2.45, 2.75) is 24.8 Å². The van der Waals surface area contributed by atoms with Gasteiger partial charge >= 0.3 is 0 Å². The van der Waals surface area contributed by atoms with Crippen molar-refractivity contribution < 1.29 is 9.59 Å². The summed E-state index contributed by atoms with van der Waals surface area (Å²) in [6.45, 7) is 3.60. The Kier molecular flexibility index (Phi) is 4.57. The normalized spacial score (nSPS) is 10.4. The van der Waals surface area contributed by atoms with Crippen molar-refractivity contribution in [3.05, 3.63) is 29.8 Å². The number of hydrogen-bond acceptors (Lipinski definition) is 3. The second-order valence-electron chi connectivity index (χ2n) is 4.04. The highest BCUT2D eigenvalue weighted by molar-refractivity contribution is 7.80. The summed E-state index contributed by atoms with van der Waals surface area (Å²) in [7, 11) is 0. The zero-order valence-electron chi connectivity index (χ0n) is 9.88. The molecule has 0 radical (unpaired) electrons. The van der Waals surface area contributed by atoms with Crippen LogP contribution < -0.4 is 5.73 Å². The molecule has 0 bridgehead atoms. The van der Waals surface area contributed by atoms with E-state index in [2.05, 4.69) is 12.6 Å². The lowest BCUT2D eigenvalue weighted by Crippen LogP contribution is -2.42. The molecular weight excluding hydrogens is 236 g/mol. The van der Waals surface area contributed by atoms with Gasteiger partial charge in [-0.3, -0.25) is 9.59 Å². The smallest absolute Gasteiger partial charge is 0.254 e. The molecule has 0 fully saturated rings. The van der Waals surface area contributed by atoms with Crippen LogP contribution in [0.1, 0.15) is 24.2 Å². The lowest BCUT2D eigenvalue weighted by Gasteiger charge is -2.25. The van der Waals surface area contributed by atoms with Crippen LogP contribution >= 0.6 is 12.6 Å². The van der Waals surface area contributed by atoms with Crippen LogP contribution in [0.4, 0.5) is 0 Å². The van der Waals surface area contributed by atoms with Crippen LogP contribution in [-0.4, -0.2) is 29.3 Å². The third kappa shape index (κ3) is 3.78. The maximum absolute atomic E-state index is 12.2. The fourth-order valence-electron chi connectivity index (χ4n) is 1.46. The molecule has 0 aliphatic heterocycles. The van der Waals surface area contributed by atoms with Crippen LogP contribution in [0.2, 0.25) is 0 Å². The first-order valence-corrected chi connectivity index (χ1v) is 5.75. The number of carbonyl (C=O) groups excluding carboxylic acids is 2. The number of rotatable bonds is 4. The van der Waals surface area contributed by atoms with Crippen LogP contribution in [0.3, 0.4) is 0 Å². The molecule has 0 spiro atoms. The largest absolute Gasteiger partial charge is 0.368 e. The number of hydrogen-bond donors (Lipinski definition) is 2. The summed E-state index contributed by atoms with van der Waals surface area (Å²) >= 11 is 4.18. The third-order valence-corrected chi connectivity index (χ3v) is 2.58. The Balaban J connectivity index is 2.95. The van der Waals surface area contributed by atoms with Crippen LogP contribution in [0, 0.1) is 0 Å². The van der Waals surface area contributed by atoms with Crippen molar-refractivity contribution in [2.75, 3.05) is 6.54 Å². The molecule has 0 heterocycles. The van der Waals surface area contributed by atoms with Crippen molar-refractivity contribution in [1.29, 1.82) is 0 Å². The maximum Gasteiger partial charge on any atom is 0.254 e. The molecule has 0 saturated heterocycles. The Morgan fingerprint density at radius 3 is 2.53 bits per heavy atom. The molecule has 0 unspecified atom stereocenters. The average molecular weight is 252 g/mol. The van der Waals surface area contributed by atoms with E-state index < -0.39 is 5.91 Å². The van der Waals surface area contributed by atoms with Gasteiger partial charge in [0.1, 0.15) is 0 Å². The molecular formula is C12H16N2O2S. The number of amides is 2. The number of benzene rings is 1. The summed E-state index contributed by atoms with van der Waals surface area (Å²) in [6, 6.07) is 6.81. The molecule has 4 nitrogen and oxygen atoms in total. The van der Waals surface area contributed by atoms with Crippen molar-refractivity contribution in [3.63, 3.8) is 0 Å². The Labute approximate surface area is 106 Å². The van der Waals surface area contributed by atoms with Crippen LogP contribution in [-0.2, 0) is 4.79 Å². The number of primary amides is 1. The molecule has 5 heteroatoms. The van der Waals surface area contributed by atoms with E-state index >= 15 is 0 Å². The number of nitrogens with two attached hydrogens (primary N) is 1. The van der Waals surface area contributed by atoms with Gasteiger partial charge in [0.25, 0.3) is 5.91 Å². The third-order valence-electron chi connectivity index (χ3n) is 2.30. The zero-order valence-corrected chi connectivity index (χ0v) is 10.8. The van der Waals surface area contributed by atoms with E-state index in [1.165, 1.54) is 4.90 Å². The highest BCUT2D eigenvalue weighted by Crippen LogP contribution is 2.12. The van der Waals surface area contributed by atoms with E-state index in [9.17, 15) is 9.59 Å². The number of carbonyl (C=O) groups is 2. The van der Waals surface area contributed by atoms with Gasteiger partial charge < -0.3 is 10.6 Å². The second-order valence-corrected chi connectivity index (χ2v) is 4.56. The fourth-order valence-corrected chi connectivity index (χ4v) is 1.69. The van der Waals surface area contributed by atoms with Gasteiger partial charge in [-0.05, 0) is 32.0 Å². The van der Waals surface area contributed by atoms with Crippen molar-refractivity contribution in [1.82, 2.24) is 4.90 Å². The van der Waals surface area contributed by atoms with Crippen LogP contribution in [0.15, 0.2) is 29.2 Å². The average Bonchev–Trinajstić information content (AvgIpc) is 2.24. The number of thiol groups is 1. The first-order valence-electron chi connectivity index (χ1n) is 5.30. The first-order chi connectivity index (χ1) is 7.91. The quantitative estimate of drug-likeness (QED) is 0.794.